The van der Waals surface area contributed by atoms with Gasteiger partial charge < -0.3 is 4.90 Å². The lowest BCUT2D eigenvalue weighted by Gasteiger charge is -2.16. The molecule has 0 aliphatic rings. The van der Waals surface area contributed by atoms with Crippen LogP contribution in [0.25, 0.3) is 0 Å². The highest BCUT2D eigenvalue weighted by atomic mass is 32.1. The molecule has 1 aromatic rings. The molecule has 17 heavy (non-hydrogen) atoms. The fourth-order valence-electron chi connectivity index (χ4n) is 1.70. The van der Waals surface area contributed by atoms with Gasteiger partial charge in [0.2, 0.25) is 0 Å². The molecule has 0 aromatic heterocycles. The summed E-state index contributed by atoms with van der Waals surface area (Å²) in [6, 6.07) is 6.58. The van der Waals surface area contributed by atoms with E-state index in [1.54, 1.807) is 11.9 Å². The molecule has 0 aliphatic carbocycles. The van der Waals surface area contributed by atoms with Gasteiger partial charge in [-0.3, -0.25) is 4.79 Å². The number of hydrogen-bond donors (Lipinski definition) is 1. The van der Waals surface area contributed by atoms with Gasteiger partial charge >= 0.3 is 0 Å². The predicted molar refractivity (Wildman–Crippen MR) is 76.0 cm³/mol. The zero-order chi connectivity index (χ0) is 13.0. The molecular formula is C14H21NOS. The average molecular weight is 251 g/mol. The van der Waals surface area contributed by atoms with Crippen LogP contribution in [0.2, 0.25) is 0 Å². The van der Waals surface area contributed by atoms with Crippen LogP contribution < -0.4 is 0 Å². The minimum Gasteiger partial charge on any atom is -0.337 e. The molecule has 0 bridgehead atoms. The Labute approximate surface area is 109 Å². The van der Waals surface area contributed by atoms with Crippen LogP contribution in [0.15, 0.2) is 18.2 Å². The number of hydrogen-bond acceptors (Lipinski definition) is 1. The first-order valence-electron chi connectivity index (χ1n) is 5.95. The molecule has 0 heterocycles. The molecule has 2 nitrogen and oxygen atoms in total. The van der Waals surface area contributed by atoms with Crippen LogP contribution in [0.4, 0.5) is 4.79 Å². The van der Waals surface area contributed by atoms with Crippen molar-refractivity contribution in [1.29, 1.82) is 0 Å². The summed E-state index contributed by atoms with van der Waals surface area (Å²) in [6.45, 7) is 7.21. The van der Waals surface area contributed by atoms with Gasteiger partial charge in [-0.25, -0.2) is 0 Å². The summed E-state index contributed by atoms with van der Waals surface area (Å²) in [6.07, 6.45) is 0.884. The van der Waals surface area contributed by atoms with Gasteiger partial charge in [0.25, 0.3) is 5.24 Å². The fourth-order valence-corrected chi connectivity index (χ4v) is 1.80. The van der Waals surface area contributed by atoms with E-state index < -0.39 is 0 Å². The number of likely N-dealkylation sites (N-methyl/N-ethyl adjacent to an activating group) is 1. The quantitative estimate of drug-likeness (QED) is 0.810. The summed E-state index contributed by atoms with van der Waals surface area (Å²) in [5.41, 5.74) is 3.96. The summed E-state index contributed by atoms with van der Waals surface area (Å²) in [4.78, 5) is 12.6. The number of rotatable bonds is 4. The molecule has 0 radical (unpaired) electrons. The van der Waals surface area contributed by atoms with Crippen molar-refractivity contribution < 1.29 is 4.79 Å². The molecule has 1 aromatic carbocycles. The van der Waals surface area contributed by atoms with E-state index in [9.17, 15) is 4.79 Å². The van der Waals surface area contributed by atoms with E-state index in [0.717, 1.165) is 6.42 Å². The second kappa shape index (κ2) is 6.10. The summed E-state index contributed by atoms with van der Waals surface area (Å²) in [5.74, 6) is 0.540. The molecule has 0 spiro atoms. The monoisotopic (exact) mass is 251 g/mol. The second-order valence-electron chi connectivity index (χ2n) is 4.79. The van der Waals surface area contributed by atoms with Gasteiger partial charge in [0.1, 0.15) is 0 Å². The van der Waals surface area contributed by atoms with E-state index in [-0.39, 0.29) is 5.24 Å². The summed E-state index contributed by atoms with van der Waals surface area (Å²) >= 11 is 3.81. The van der Waals surface area contributed by atoms with E-state index in [0.29, 0.717) is 12.5 Å². The van der Waals surface area contributed by atoms with Crippen LogP contribution in [0.5, 0.6) is 0 Å². The molecule has 0 saturated heterocycles. The van der Waals surface area contributed by atoms with Crippen molar-refractivity contribution in [3.05, 3.63) is 34.9 Å². The van der Waals surface area contributed by atoms with Crippen molar-refractivity contribution in [2.24, 2.45) is 0 Å². The number of nitrogens with zero attached hydrogens (tertiary/aromatic N) is 1. The minimum atomic E-state index is -0.178. The maximum Gasteiger partial charge on any atom is 0.278 e. The van der Waals surface area contributed by atoms with Gasteiger partial charge in [-0.05, 0) is 36.0 Å². The van der Waals surface area contributed by atoms with Gasteiger partial charge in [-0.15, -0.1) is 0 Å². The lowest BCUT2D eigenvalue weighted by Crippen LogP contribution is -2.23. The molecule has 0 saturated carbocycles. The average Bonchev–Trinajstić information content (AvgIpc) is 2.26. The first-order valence-corrected chi connectivity index (χ1v) is 6.40. The highest BCUT2D eigenvalue weighted by molar-refractivity contribution is 7.96. The van der Waals surface area contributed by atoms with Crippen LogP contribution in [0, 0.1) is 6.92 Å². The van der Waals surface area contributed by atoms with Crippen LogP contribution in [-0.4, -0.2) is 23.7 Å². The Balaban J connectivity index is 2.76. The van der Waals surface area contributed by atoms with Crippen molar-refractivity contribution in [3.8, 4) is 0 Å². The maximum absolute atomic E-state index is 11.0. The third-order valence-corrected chi connectivity index (χ3v) is 3.42. The normalized spacial score (nSPS) is 10.7. The topological polar surface area (TPSA) is 20.3 Å². The maximum atomic E-state index is 11.0. The van der Waals surface area contributed by atoms with Gasteiger partial charge in [0.05, 0.1) is 0 Å². The number of carbonyl (C=O) groups is 1. The minimum absolute atomic E-state index is 0.178. The van der Waals surface area contributed by atoms with Crippen molar-refractivity contribution in [2.75, 3.05) is 13.6 Å². The molecule has 94 valence electrons. The molecule has 1 amide bonds. The highest BCUT2D eigenvalue weighted by Gasteiger charge is 2.07. The fraction of sp³-hybridized carbons (Fsp3) is 0.500. The molecule has 0 aliphatic heterocycles. The van der Waals surface area contributed by atoms with Gasteiger partial charge in [-0.2, -0.15) is 0 Å². The Bertz CT molecular complexity index is 401. The zero-order valence-corrected chi connectivity index (χ0v) is 11.9. The molecule has 3 heteroatoms. The standard InChI is InChI=1S/C14H21NOS/c1-10(2)12-6-5-11(3)13(9-12)7-8-15(4)14(16)17/h5-6,9-10H,7-8H2,1-4H3,(H,16,17). The molecule has 0 fully saturated rings. The van der Waals surface area contributed by atoms with Crippen LogP contribution in [0.3, 0.4) is 0 Å². The summed E-state index contributed by atoms with van der Waals surface area (Å²) in [7, 11) is 1.77. The van der Waals surface area contributed by atoms with E-state index in [4.69, 9.17) is 0 Å². The summed E-state index contributed by atoms with van der Waals surface area (Å²) < 4.78 is 0. The number of amides is 1. The second-order valence-corrected chi connectivity index (χ2v) is 5.18. The molecule has 1 rings (SSSR count). The Morgan fingerprint density at radius 1 is 1.41 bits per heavy atom. The van der Waals surface area contributed by atoms with Crippen molar-refractivity contribution in [3.63, 3.8) is 0 Å². The van der Waals surface area contributed by atoms with E-state index >= 15 is 0 Å². The molecular weight excluding hydrogens is 230 g/mol. The number of carbonyl (C=O) groups excluding carboxylic acids is 1. The third-order valence-electron chi connectivity index (χ3n) is 3.08. The molecule has 0 N–H and O–H groups in total. The number of benzene rings is 1. The lowest BCUT2D eigenvalue weighted by molar-refractivity contribution is 0.234. The summed E-state index contributed by atoms with van der Waals surface area (Å²) in [5, 5.41) is -0.178. The Kier molecular flexibility index (Phi) is 5.06. The largest absolute Gasteiger partial charge is 0.337 e. The smallest absolute Gasteiger partial charge is 0.278 e. The Morgan fingerprint density at radius 2 is 2.06 bits per heavy atom. The Hall–Kier alpha value is -0.960. The van der Waals surface area contributed by atoms with Crippen molar-refractivity contribution in [2.45, 2.75) is 33.1 Å². The molecule has 0 unspecified atom stereocenters. The van der Waals surface area contributed by atoms with Crippen molar-refractivity contribution >= 4 is 17.9 Å². The van der Waals surface area contributed by atoms with Crippen molar-refractivity contribution in [1.82, 2.24) is 4.90 Å². The SMILES string of the molecule is Cc1ccc(C(C)C)cc1CCN(C)C(=O)S. The number of aryl methyl sites for hydroxylation is 1. The van der Waals surface area contributed by atoms with Crippen LogP contribution >= 0.6 is 12.6 Å². The van der Waals surface area contributed by atoms with Gasteiger partial charge in [0, 0.05) is 13.6 Å². The number of thiol groups is 1. The van der Waals surface area contributed by atoms with E-state index in [1.807, 2.05) is 0 Å². The van der Waals surface area contributed by atoms with Crippen LogP contribution in [0.1, 0.15) is 36.5 Å². The predicted octanol–water partition coefficient (Wildman–Crippen LogP) is 3.64. The first-order chi connectivity index (χ1) is 7.91. The third kappa shape index (κ3) is 4.08. The lowest BCUT2D eigenvalue weighted by atomic mass is 9.96. The zero-order valence-electron chi connectivity index (χ0n) is 11.0. The van der Waals surface area contributed by atoms with Crippen LogP contribution in [-0.2, 0) is 6.42 Å². The molecule has 0 atom stereocenters. The van der Waals surface area contributed by atoms with E-state index in [2.05, 4.69) is 51.6 Å². The highest BCUT2D eigenvalue weighted by Crippen LogP contribution is 2.19. The Morgan fingerprint density at radius 3 is 2.59 bits per heavy atom. The van der Waals surface area contributed by atoms with E-state index in [1.165, 1.54) is 16.7 Å². The van der Waals surface area contributed by atoms with Gasteiger partial charge in [0.15, 0.2) is 0 Å². The first kappa shape index (κ1) is 14.1. The van der Waals surface area contributed by atoms with Gasteiger partial charge in [-0.1, -0.05) is 44.7 Å².